The van der Waals surface area contributed by atoms with Crippen LogP contribution in [0.15, 0.2) is 60.9 Å². The Labute approximate surface area is 173 Å². The number of amides is 1. The number of nitrogens with zero attached hydrogens (tertiary/aromatic N) is 3. The van der Waals surface area contributed by atoms with Crippen LogP contribution in [0, 0.1) is 0 Å². The summed E-state index contributed by atoms with van der Waals surface area (Å²) in [5.41, 5.74) is 8.44. The minimum atomic E-state index is -0.550. The summed E-state index contributed by atoms with van der Waals surface area (Å²) in [4.78, 5) is 21.0. The van der Waals surface area contributed by atoms with Crippen molar-refractivity contribution in [1.29, 1.82) is 0 Å². The molecule has 0 radical (unpaired) electrons. The quantitative estimate of drug-likeness (QED) is 0.491. The normalized spacial score (nSPS) is 10.7. The average molecular weight is 403 g/mol. The molecule has 2 aromatic carbocycles. The number of rotatable bonds is 7. The fraction of sp³-hybridized carbons (Fsp3) is 0.136. The number of hydrogen-bond acceptors (Lipinski definition) is 6. The third kappa shape index (κ3) is 3.62. The van der Waals surface area contributed by atoms with Gasteiger partial charge in [0.1, 0.15) is 18.0 Å². The Hall–Kier alpha value is -4.07. The number of aromatic nitrogens is 3. The van der Waals surface area contributed by atoms with Crippen LogP contribution in [-0.2, 0) is 6.54 Å². The third-order valence-corrected chi connectivity index (χ3v) is 4.75. The van der Waals surface area contributed by atoms with Crippen molar-refractivity contribution in [3.05, 3.63) is 72.1 Å². The van der Waals surface area contributed by atoms with Crippen molar-refractivity contribution in [2.45, 2.75) is 6.54 Å². The van der Waals surface area contributed by atoms with Gasteiger partial charge in [0.05, 0.1) is 30.8 Å². The van der Waals surface area contributed by atoms with Crippen LogP contribution >= 0.6 is 0 Å². The van der Waals surface area contributed by atoms with E-state index < -0.39 is 5.91 Å². The number of imidazole rings is 1. The van der Waals surface area contributed by atoms with Gasteiger partial charge in [-0.25, -0.2) is 9.97 Å². The van der Waals surface area contributed by atoms with Crippen molar-refractivity contribution in [3.63, 3.8) is 0 Å². The molecule has 0 aliphatic carbocycles. The highest BCUT2D eigenvalue weighted by molar-refractivity contribution is 5.97. The minimum Gasteiger partial charge on any atom is -0.493 e. The Morgan fingerprint density at radius 2 is 1.80 bits per heavy atom. The lowest BCUT2D eigenvalue weighted by molar-refractivity contribution is 0.100. The van der Waals surface area contributed by atoms with Gasteiger partial charge >= 0.3 is 0 Å². The first-order chi connectivity index (χ1) is 14.6. The van der Waals surface area contributed by atoms with Crippen molar-refractivity contribution in [1.82, 2.24) is 14.5 Å². The molecular formula is C22H21N5O3. The van der Waals surface area contributed by atoms with E-state index >= 15 is 0 Å². The highest BCUT2D eigenvalue weighted by Gasteiger charge is 2.15. The molecule has 152 valence electrons. The number of fused-ring (bicyclic) bond motifs is 1. The van der Waals surface area contributed by atoms with E-state index in [-0.39, 0.29) is 0 Å². The van der Waals surface area contributed by atoms with Crippen molar-refractivity contribution in [2.75, 3.05) is 19.5 Å². The second kappa shape index (κ2) is 8.12. The van der Waals surface area contributed by atoms with Gasteiger partial charge in [-0.3, -0.25) is 9.36 Å². The summed E-state index contributed by atoms with van der Waals surface area (Å²) in [5, 5.41) is 3.21. The van der Waals surface area contributed by atoms with E-state index in [2.05, 4.69) is 15.3 Å². The Morgan fingerprint density at radius 1 is 1.07 bits per heavy atom. The molecule has 0 aliphatic heterocycles. The van der Waals surface area contributed by atoms with Crippen molar-refractivity contribution >= 4 is 22.8 Å². The van der Waals surface area contributed by atoms with Crippen molar-refractivity contribution in [2.24, 2.45) is 5.73 Å². The lowest BCUT2D eigenvalue weighted by Crippen LogP contribution is -2.16. The van der Waals surface area contributed by atoms with Crippen LogP contribution in [0.5, 0.6) is 11.5 Å². The van der Waals surface area contributed by atoms with E-state index in [0.717, 1.165) is 16.6 Å². The van der Waals surface area contributed by atoms with Gasteiger partial charge in [-0.15, -0.1) is 0 Å². The predicted octanol–water partition coefficient (Wildman–Crippen LogP) is 3.15. The topological polar surface area (TPSA) is 104 Å². The average Bonchev–Trinajstić information content (AvgIpc) is 3.19. The molecule has 8 nitrogen and oxygen atoms in total. The first kappa shape index (κ1) is 19.3. The first-order valence-corrected chi connectivity index (χ1v) is 9.29. The zero-order valence-corrected chi connectivity index (χ0v) is 16.6. The van der Waals surface area contributed by atoms with E-state index in [1.165, 1.54) is 0 Å². The van der Waals surface area contributed by atoms with E-state index in [1.54, 1.807) is 38.7 Å². The monoisotopic (exact) mass is 403 g/mol. The number of pyridine rings is 1. The summed E-state index contributed by atoms with van der Waals surface area (Å²) in [5.74, 6) is 1.63. The second-order valence-electron chi connectivity index (χ2n) is 6.58. The molecule has 2 aromatic heterocycles. The molecule has 0 saturated heterocycles. The number of nitrogens with two attached hydrogens (primary N) is 1. The Balaban J connectivity index is 1.75. The molecule has 30 heavy (non-hydrogen) atoms. The summed E-state index contributed by atoms with van der Waals surface area (Å²) >= 11 is 0. The largest absolute Gasteiger partial charge is 0.493 e. The molecule has 0 unspecified atom stereocenters. The summed E-state index contributed by atoms with van der Waals surface area (Å²) in [6.07, 6.45) is 1.66. The maximum absolute atomic E-state index is 11.9. The van der Waals surface area contributed by atoms with Crippen LogP contribution in [0.1, 0.15) is 15.9 Å². The number of ether oxygens (including phenoxy) is 2. The summed E-state index contributed by atoms with van der Waals surface area (Å²) in [6.45, 7) is 0.507. The standard InChI is InChI=1S/C22H21N5O3/c1-29-18-10-16-17(11-19(18)30-2)27(13-25-16)20-9-8-15(21(23)28)22(26-20)24-12-14-6-4-3-5-7-14/h3-11,13H,12H2,1-2H3,(H2,23,28)(H,24,26). The van der Waals surface area contributed by atoms with E-state index in [0.29, 0.717) is 35.2 Å². The lowest BCUT2D eigenvalue weighted by Gasteiger charge is -2.13. The number of anilines is 1. The van der Waals surface area contributed by atoms with Crippen LogP contribution in [-0.4, -0.2) is 34.7 Å². The number of primary amides is 1. The molecule has 4 aromatic rings. The fourth-order valence-corrected chi connectivity index (χ4v) is 3.22. The lowest BCUT2D eigenvalue weighted by atomic mass is 10.2. The highest BCUT2D eigenvalue weighted by Crippen LogP contribution is 2.32. The van der Waals surface area contributed by atoms with Gasteiger partial charge in [-0.05, 0) is 17.7 Å². The molecule has 3 N–H and O–H groups in total. The fourth-order valence-electron chi connectivity index (χ4n) is 3.22. The van der Waals surface area contributed by atoms with Crippen LogP contribution in [0.2, 0.25) is 0 Å². The van der Waals surface area contributed by atoms with Crippen LogP contribution in [0.4, 0.5) is 5.82 Å². The van der Waals surface area contributed by atoms with Crippen LogP contribution < -0.4 is 20.5 Å². The van der Waals surface area contributed by atoms with Gasteiger partial charge in [-0.2, -0.15) is 0 Å². The van der Waals surface area contributed by atoms with Gasteiger partial charge in [0.15, 0.2) is 11.5 Å². The molecule has 1 amide bonds. The van der Waals surface area contributed by atoms with Crippen LogP contribution in [0.3, 0.4) is 0 Å². The summed E-state index contributed by atoms with van der Waals surface area (Å²) in [7, 11) is 3.16. The number of hydrogen-bond donors (Lipinski definition) is 2. The first-order valence-electron chi connectivity index (χ1n) is 9.29. The number of carbonyl (C=O) groups is 1. The maximum atomic E-state index is 11.9. The summed E-state index contributed by atoms with van der Waals surface area (Å²) < 4.78 is 12.6. The van der Waals surface area contributed by atoms with Gasteiger partial charge in [0, 0.05) is 18.7 Å². The van der Waals surface area contributed by atoms with Crippen molar-refractivity contribution < 1.29 is 14.3 Å². The van der Waals surface area contributed by atoms with E-state index in [4.69, 9.17) is 15.2 Å². The Bertz CT molecular complexity index is 1200. The third-order valence-electron chi connectivity index (χ3n) is 4.75. The molecule has 8 heteroatoms. The molecule has 4 rings (SSSR count). The van der Waals surface area contributed by atoms with Crippen molar-refractivity contribution in [3.8, 4) is 17.3 Å². The van der Waals surface area contributed by atoms with Crippen LogP contribution in [0.25, 0.3) is 16.9 Å². The number of carbonyl (C=O) groups excluding carboxylic acids is 1. The zero-order chi connectivity index (χ0) is 21.1. The van der Waals surface area contributed by atoms with E-state index in [9.17, 15) is 4.79 Å². The Kier molecular flexibility index (Phi) is 5.21. The Morgan fingerprint density at radius 3 is 2.50 bits per heavy atom. The molecular weight excluding hydrogens is 382 g/mol. The molecule has 0 spiro atoms. The van der Waals surface area contributed by atoms with Gasteiger partial charge < -0.3 is 20.5 Å². The summed E-state index contributed by atoms with van der Waals surface area (Å²) in [6, 6.07) is 16.9. The molecule has 2 heterocycles. The minimum absolute atomic E-state index is 0.318. The molecule has 0 fully saturated rings. The smallest absolute Gasteiger partial charge is 0.252 e. The van der Waals surface area contributed by atoms with E-state index in [1.807, 2.05) is 41.0 Å². The number of nitrogens with one attached hydrogen (secondary N) is 1. The predicted molar refractivity (Wildman–Crippen MR) is 114 cm³/mol. The second-order valence-corrected chi connectivity index (χ2v) is 6.58. The highest BCUT2D eigenvalue weighted by atomic mass is 16.5. The van der Waals surface area contributed by atoms with Gasteiger partial charge in [0.2, 0.25) is 0 Å². The number of benzene rings is 2. The van der Waals surface area contributed by atoms with Gasteiger partial charge in [0.25, 0.3) is 5.91 Å². The molecule has 0 saturated carbocycles. The molecule has 0 aliphatic rings. The SMILES string of the molecule is COc1cc2ncn(-c3ccc(C(N)=O)c(NCc4ccccc4)n3)c2cc1OC. The maximum Gasteiger partial charge on any atom is 0.252 e. The number of methoxy groups -OCH3 is 2. The molecule has 0 bridgehead atoms. The zero-order valence-electron chi connectivity index (χ0n) is 16.6. The van der Waals surface area contributed by atoms with Gasteiger partial charge in [-0.1, -0.05) is 30.3 Å². The molecule has 0 atom stereocenters.